The van der Waals surface area contributed by atoms with Gasteiger partial charge in [-0.05, 0) is 30.7 Å². The van der Waals surface area contributed by atoms with Crippen molar-refractivity contribution in [2.75, 3.05) is 32.7 Å². The molecule has 0 spiro atoms. The number of benzene rings is 1. The molecule has 0 aliphatic carbocycles. The van der Waals surface area contributed by atoms with E-state index in [2.05, 4.69) is 4.90 Å². The van der Waals surface area contributed by atoms with Crippen LogP contribution in [0.1, 0.15) is 29.3 Å². The van der Waals surface area contributed by atoms with Crippen LogP contribution in [0.5, 0.6) is 0 Å². The molecule has 1 amide bonds. The van der Waals surface area contributed by atoms with Crippen LogP contribution in [0.25, 0.3) is 0 Å². The smallest absolute Gasteiger partial charge is 0.253 e. The van der Waals surface area contributed by atoms with Crippen LogP contribution in [-0.2, 0) is 0 Å². The lowest BCUT2D eigenvalue weighted by molar-refractivity contribution is 0.0524. The minimum Gasteiger partial charge on any atom is -0.392 e. The van der Waals surface area contributed by atoms with Crippen LogP contribution in [0.3, 0.4) is 0 Å². The summed E-state index contributed by atoms with van der Waals surface area (Å²) in [5.41, 5.74) is 1.18. The van der Waals surface area contributed by atoms with Crippen LogP contribution in [-0.4, -0.2) is 59.6 Å². The number of rotatable bonds is 4. The zero-order valence-electron chi connectivity index (χ0n) is 12.3. The number of β-amino-alcohol motifs (C(OH)–C–C–N with tert-alkyl or cyclic N) is 1. The molecule has 1 aliphatic rings. The molecule has 1 aliphatic heterocycles. The molecule has 0 aromatic heterocycles. The first-order chi connectivity index (χ1) is 10.1. The molecule has 112 valence electrons. The van der Waals surface area contributed by atoms with E-state index < -0.39 is 0 Å². The maximum atomic E-state index is 12.4. The summed E-state index contributed by atoms with van der Waals surface area (Å²) in [6, 6.07) is 8.79. The minimum atomic E-state index is -0.286. The second-order valence-corrected chi connectivity index (χ2v) is 5.34. The van der Waals surface area contributed by atoms with Gasteiger partial charge in [0.2, 0.25) is 0 Å². The lowest BCUT2D eigenvalue weighted by Gasteiger charge is -2.35. The largest absolute Gasteiger partial charge is 0.392 e. The lowest BCUT2D eigenvalue weighted by atomic mass is 10.1. The van der Waals surface area contributed by atoms with E-state index in [9.17, 15) is 9.90 Å². The fraction of sp³-hybridized carbons (Fsp3) is 0.500. The Balaban J connectivity index is 1.89. The summed E-state index contributed by atoms with van der Waals surface area (Å²) in [6.07, 6.45) is 0.468. The summed E-state index contributed by atoms with van der Waals surface area (Å²) in [6.45, 7) is 5.58. The predicted octanol–water partition coefficient (Wildman–Crippen LogP) is 1.09. The average molecular weight is 287 g/mol. The number of piperazine rings is 1. The second kappa shape index (κ2) is 7.21. The molecule has 1 atom stereocenters. The maximum absolute atomic E-state index is 12.4. The Bertz CT molecular complexity index is 513. The van der Waals surface area contributed by atoms with E-state index in [1.807, 2.05) is 17.9 Å². The molecule has 0 radical (unpaired) electrons. The zero-order chi connectivity index (χ0) is 15.2. The molecule has 0 bridgehead atoms. The molecular formula is C16H21N3O2. The van der Waals surface area contributed by atoms with Gasteiger partial charge >= 0.3 is 0 Å². The fourth-order valence-corrected chi connectivity index (χ4v) is 2.43. The Kier molecular flexibility index (Phi) is 5.32. The van der Waals surface area contributed by atoms with Crippen molar-refractivity contribution in [2.24, 2.45) is 0 Å². The van der Waals surface area contributed by atoms with Gasteiger partial charge in [-0.15, -0.1) is 0 Å². The number of aliphatic hydroxyl groups is 1. The topological polar surface area (TPSA) is 67.6 Å². The Morgan fingerprint density at radius 2 is 1.90 bits per heavy atom. The van der Waals surface area contributed by atoms with Crippen LogP contribution in [0.4, 0.5) is 0 Å². The Morgan fingerprint density at radius 3 is 2.43 bits per heavy atom. The first-order valence-corrected chi connectivity index (χ1v) is 7.34. The molecule has 1 aromatic carbocycles. The van der Waals surface area contributed by atoms with Gasteiger partial charge in [-0.2, -0.15) is 5.26 Å². The summed E-state index contributed by atoms with van der Waals surface area (Å²) in [7, 11) is 0. The fourth-order valence-electron chi connectivity index (χ4n) is 2.43. The van der Waals surface area contributed by atoms with Gasteiger partial charge in [0.1, 0.15) is 0 Å². The second-order valence-electron chi connectivity index (χ2n) is 5.34. The van der Waals surface area contributed by atoms with Gasteiger partial charge in [0.05, 0.1) is 17.7 Å². The third kappa shape index (κ3) is 4.03. The van der Waals surface area contributed by atoms with Gasteiger partial charge in [-0.3, -0.25) is 9.69 Å². The number of aliphatic hydroxyl groups excluding tert-OH is 1. The monoisotopic (exact) mass is 287 g/mol. The molecule has 0 unspecified atom stereocenters. The zero-order valence-corrected chi connectivity index (χ0v) is 12.3. The maximum Gasteiger partial charge on any atom is 0.253 e. The van der Waals surface area contributed by atoms with Crippen molar-refractivity contribution in [2.45, 2.75) is 19.4 Å². The molecule has 5 heteroatoms. The molecule has 21 heavy (non-hydrogen) atoms. The van der Waals surface area contributed by atoms with Crippen molar-refractivity contribution < 1.29 is 9.90 Å². The summed E-state index contributed by atoms with van der Waals surface area (Å²) in [5, 5.41) is 18.4. The highest BCUT2D eigenvalue weighted by molar-refractivity contribution is 5.94. The van der Waals surface area contributed by atoms with E-state index >= 15 is 0 Å². The molecule has 0 saturated carbocycles. The minimum absolute atomic E-state index is 0.00943. The molecule has 1 aromatic rings. The van der Waals surface area contributed by atoms with Crippen molar-refractivity contribution in [3.8, 4) is 6.07 Å². The van der Waals surface area contributed by atoms with Gasteiger partial charge in [0.25, 0.3) is 5.91 Å². The molecule has 5 nitrogen and oxygen atoms in total. The van der Waals surface area contributed by atoms with Gasteiger partial charge in [0, 0.05) is 38.3 Å². The highest BCUT2D eigenvalue weighted by Crippen LogP contribution is 2.10. The highest BCUT2D eigenvalue weighted by atomic mass is 16.3. The molecule has 2 rings (SSSR count). The van der Waals surface area contributed by atoms with Crippen LogP contribution in [0.15, 0.2) is 24.3 Å². The Morgan fingerprint density at radius 1 is 1.29 bits per heavy atom. The molecule has 1 fully saturated rings. The van der Waals surface area contributed by atoms with Gasteiger partial charge in [0.15, 0.2) is 0 Å². The van der Waals surface area contributed by atoms with Crippen molar-refractivity contribution >= 4 is 5.91 Å². The molecule has 1 heterocycles. The molecule has 1 N–H and O–H groups in total. The number of hydrogen-bond donors (Lipinski definition) is 1. The van der Waals surface area contributed by atoms with Gasteiger partial charge in [-0.1, -0.05) is 6.92 Å². The van der Waals surface area contributed by atoms with E-state index in [4.69, 9.17) is 5.26 Å². The van der Waals surface area contributed by atoms with Gasteiger partial charge < -0.3 is 10.0 Å². The number of carbonyl (C=O) groups is 1. The third-order valence-electron chi connectivity index (χ3n) is 3.86. The van der Waals surface area contributed by atoms with Crippen LogP contribution >= 0.6 is 0 Å². The van der Waals surface area contributed by atoms with E-state index in [-0.39, 0.29) is 12.0 Å². The third-order valence-corrected chi connectivity index (χ3v) is 3.86. The van der Waals surface area contributed by atoms with Crippen molar-refractivity contribution in [1.29, 1.82) is 5.26 Å². The first kappa shape index (κ1) is 15.5. The Labute approximate surface area is 125 Å². The normalized spacial score (nSPS) is 17.3. The van der Waals surface area contributed by atoms with E-state index in [0.29, 0.717) is 30.8 Å². The van der Waals surface area contributed by atoms with Gasteiger partial charge in [-0.25, -0.2) is 0 Å². The van der Waals surface area contributed by atoms with Crippen molar-refractivity contribution in [1.82, 2.24) is 9.80 Å². The lowest BCUT2D eigenvalue weighted by Crippen LogP contribution is -2.50. The summed E-state index contributed by atoms with van der Waals surface area (Å²) < 4.78 is 0. The average Bonchev–Trinajstić information content (AvgIpc) is 2.55. The number of nitriles is 1. The van der Waals surface area contributed by atoms with Crippen molar-refractivity contribution in [3.05, 3.63) is 35.4 Å². The number of hydrogen-bond acceptors (Lipinski definition) is 4. The Hall–Kier alpha value is -1.90. The highest BCUT2D eigenvalue weighted by Gasteiger charge is 2.22. The number of nitrogens with zero attached hydrogens (tertiary/aromatic N) is 3. The SMILES string of the molecule is CC[C@@H](O)CN1CCN(C(=O)c2ccc(C#N)cc2)CC1. The molecular weight excluding hydrogens is 266 g/mol. The van der Waals surface area contributed by atoms with Crippen LogP contribution < -0.4 is 0 Å². The van der Waals surface area contributed by atoms with E-state index in [1.54, 1.807) is 24.3 Å². The van der Waals surface area contributed by atoms with Crippen LogP contribution in [0, 0.1) is 11.3 Å². The predicted molar refractivity (Wildman–Crippen MR) is 79.8 cm³/mol. The van der Waals surface area contributed by atoms with Crippen molar-refractivity contribution in [3.63, 3.8) is 0 Å². The number of carbonyl (C=O) groups excluding carboxylic acids is 1. The standard InChI is InChI=1S/C16H21N3O2/c1-2-15(20)12-18-7-9-19(10-8-18)16(21)14-5-3-13(11-17)4-6-14/h3-6,15,20H,2,7-10,12H2,1H3/t15-/m1/s1. The summed E-state index contributed by atoms with van der Waals surface area (Å²) >= 11 is 0. The van der Waals surface area contributed by atoms with E-state index in [1.165, 1.54) is 0 Å². The van der Waals surface area contributed by atoms with E-state index in [0.717, 1.165) is 19.5 Å². The first-order valence-electron chi connectivity index (χ1n) is 7.34. The quantitative estimate of drug-likeness (QED) is 0.900. The van der Waals surface area contributed by atoms with Crippen LogP contribution in [0.2, 0.25) is 0 Å². The summed E-state index contributed by atoms with van der Waals surface area (Å²) in [4.78, 5) is 16.4. The molecule has 1 saturated heterocycles. The number of amides is 1. The summed E-state index contributed by atoms with van der Waals surface area (Å²) in [5.74, 6) is 0.00943.